The highest BCUT2D eigenvalue weighted by atomic mass is 36.0. The Balaban J connectivity index is 2.98. The summed E-state index contributed by atoms with van der Waals surface area (Å²) in [5.74, 6) is -0.293. The molecular weight excluding hydrogens is 219 g/mol. The number of aliphatic imine (C=N–C) groups is 1. The van der Waals surface area contributed by atoms with Gasteiger partial charge >= 0.3 is 0 Å². The molecular formula is C6H8Cl2N2OS. The molecule has 12 heavy (non-hydrogen) atoms. The van der Waals surface area contributed by atoms with Gasteiger partial charge in [0, 0.05) is 25.6 Å². The standard InChI is InChI=1S/C6H8Cl2N2OS/c1-5(11)9-6-10(2)3-4-12(6,7)8/h3-4H,1-2H3. The van der Waals surface area contributed by atoms with Crippen molar-refractivity contribution in [2.45, 2.75) is 6.92 Å². The van der Waals surface area contributed by atoms with Crippen LogP contribution >= 0.6 is 29.8 Å². The number of amides is 1. The van der Waals surface area contributed by atoms with Gasteiger partial charge in [-0.1, -0.05) is 0 Å². The molecule has 1 aliphatic heterocycles. The summed E-state index contributed by atoms with van der Waals surface area (Å²) in [5.41, 5.74) is 0. The normalized spacial score (nSPS) is 26.3. The van der Waals surface area contributed by atoms with Crippen molar-refractivity contribution in [2.75, 3.05) is 7.05 Å². The average Bonchev–Trinajstić information content (AvgIpc) is 2.15. The Hall–Kier alpha value is -0.190. The fourth-order valence-corrected chi connectivity index (χ4v) is 3.05. The minimum atomic E-state index is -2.01. The molecule has 1 aliphatic rings. The predicted molar refractivity (Wildman–Crippen MR) is 54.3 cm³/mol. The van der Waals surface area contributed by atoms with Gasteiger partial charge in [-0.2, -0.15) is 4.99 Å². The summed E-state index contributed by atoms with van der Waals surface area (Å²) in [4.78, 5) is 16.1. The molecule has 6 heteroatoms. The number of carbonyl (C=O) groups is 1. The molecule has 0 fully saturated rings. The van der Waals surface area contributed by atoms with Crippen LogP contribution < -0.4 is 0 Å². The maximum Gasteiger partial charge on any atom is 0.244 e. The molecule has 0 N–H and O–H groups in total. The fourth-order valence-electron chi connectivity index (χ4n) is 0.759. The first-order chi connectivity index (χ1) is 5.43. The molecule has 0 aromatic heterocycles. The van der Waals surface area contributed by atoms with Gasteiger partial charge < -0.3 is 4.90 Å². The maximum absolute atomic E-state index is 10.7. The molecule has 0 aliphatic carbocycles. The highest BCUT2D eigenvalue weighted by molar-refractivity contribution is 8.76. The van der Waals surface area contributed by atoms with Crippen LogP contribution in [0.5, 0.6) is 0 Å². The number of hydrogen-bond donors (Lipinski definition) is 0. The van der Waals surface area contributed by atoms with Gasteiger partial charge in [0.15, 0.2) is 5.17 Å². The number of nitrogens with zero attached hydrogens (tertiary/aromatic N) is 2. The Morgan fingerprint density at radius 2 is 2.25 bits per heavy atom. The largest absolute Gasteiger partial charge is 0.329 e. The Bertz CT molecular complexity index is 275. The van der Waals surface area contributed by atoms with Crippen molar-refractivity contribution in [1.29, 1.82) is 0 Å². The molecule has 0 saturated heterocycles. The molecule has 1 heterocycles. The van der Waals surface area contributed by atoms with Crippen LogP contribution in [0.1, 0.15) is 6.92 Å². The summed E-state index contributed by atoms with van der Waals surface area (Å²) < 4.78 is 0. The van der Waals surface area contributed by atoms with E-state index < -0.39 is 8.46 Å². The summed E-state index contributed by atoms with van der Waals surface area (Å²) in [6.45, 7) is 1.36. The third-order valence-corrected chi connectivity index (χ3v) is 4.03. The van der Waals surface area contributed by atoms with Crippen molar-refractivity contribution in [2.24, 2.45) is 4.99 Å². The molecule has 0 aromatic rings. The molecule has 1 amide bonds. The third kappa shape index (κ3) is 1.94. The molecule has 0 spiro atoms. The summed E-state index contributed by atoms with van der Waals surface area (Å²) in [6, 6.07) is 0. The molecule has 0 unspecified atom stereocenters. The fraction of sp³-hybridized carbons (Fsp3) is 0.333. The summed E-state index contributed by atoms with van der Waals surface area (Å²) in [5, 5.41) is 2.08. The van der Waals surface area contributed by atoms with Gasteiger partial charge in [-0.05, 0) is 29.8 Å². The second kappa shape index (κ2) is 3.28. The van der Waals surface area contributed by atoms with Gasteiger partial charge in [0.1, 0.15) is 0 Å². The van der Waals surface area contributed by atoms with Crippen LogP contribution in [-0.4, -0.2) is 23.0 Å². The molecule has 0 saturated carbocycles. The van der Waals surface area contributed by atoms with Gasteiger partial charge in [0.25, 0.3) is 0 Å². The number of rotatable bonds is 0. The Morgan fingerprint density at radius 1 is 1.67 bits per heavy atom. The van der Waals surface area contributed by atoms with Crippen molar-refractivity contribution in [1.82, 2.24) is 4.90 Å². The van der Waals surface area contributed by atoms with E-state index in [0.717, 1.165) is 0 Å². The summed E-state index contributed by atoms with van der Waals surface area (Å²) in [6.07, 6.45) is 1.71. The molecule has 0 radical (unpaired) electrons. The highest BCUT2D eigenvalue weighted by Gasteiger charge is 2.30. The van der Waals surface area contributed by atoms with Crippen molar-refractivity contribution in [3.05, 3.63) is 11.6 Å². The van der Waals surface area contributed by atoms with E-state index in [1.807, 2.05) is 0 Å². The quantitative estimate of drug-likeness (QED) is 0.636. The second-order valence-electron chi connectivity index (χ2n) is 2.32. The van der Waals surface area contributed by atoms with Crippen LogP contribution in [0.3, 0.4) is 0 Å². The average molecular weight is 227 g/mol. The summed E-state index contributed by atoms with van der Waals surface area (Å²) in [7, 11) is 11.6. The van der Waals surface area contributed by atoms with E-state index in [1.54, 1.807) is 23.6 Å². The Kier molecular flexibility index (Phi) is 2.70. The van der Waals surface area contributed by atoms with Crippen molar-refractivity contribution >= 4 is 40.9 Å². The van der Waals surface area contributed by atoms with E-state index in [-0.39, 0.29) is 5.91 Å². The van der Waals surface area contributed by atoms with Crippen molar-refractivity contribution in [3.63, 3.8) is 0 Å². The monoisotopic (exact) mass is 226 g/mol. The van der Waals surface area contributed by atoms with Crippen LogP contribution in [0.25, 0.3) is 0 Å². The lowest BCUT2D eigenvalue weighted by molar-refractivity contribution is -0.115. The lowest BCUT2D eigenvalue weighted by atomic mass is 10.7. The first-order valence-electron chi connectivity index (χ1n) is 3.16. The third-order valence-electron chi connectivity index (χ3n) is 1.25. The van der Waals surface area contributed by atoms with E-state index >= 15 is 0 Å². The minimum Gasteiger partial charge on any atom is -0.329 e. The number of hydrogen-bond acceptors (Lipinski definition) is 1. The molecule has 3 nitrogen and oxygen atoms in total. The van der Waals surface area contributed by atoms with Gasteiger partial charge in [-0.15, -0.1) is 0 Å². The van der Waals surface area contributed by atoms with E-state index in [4.69, 9.17) is 21.4 Å². The Morgan fingerprint density at radius 3 is 2.58 bits per heavy atom. The van der Waals surface area contributed by atoms with E-state index in [0.29, 0.717) is 5.17 Å². The van der Waals surface area contributed by atoms with E-state index in [9.17, 15) is 4.79 Å². The second-order valence-corrected chi connectivity index (χ2v) is 7.37. The number of carbonyl (C=O) groups excluding carboxylic acids is 1. The predicted octanol–water partition coefficient (Wildman–Crippen LogP) is 2.42. The minimum absolute atomic E-state index is 0.293. The SMILES string of the molecule is CC(=O)N=C1N(C)C=CS1(Cl)Cl. The molecule has 68 valence electrons. The molecule has 0 bridgehead atoms. The summed E-state index contributed by atoms with van der Waals surface area (Å²) >= 11 is 0. The molecule has 0 atom stereocenters. The number of halogens is 2. The van der Waals surface area contributed by atoms with Crippen molar-refractivity contribution in [3.8, 4) is 0 Å². The Labute approximate surface area is 81.4 Å². The highest BCUT2D eigenvalue weighted by Crippen LogP contribution is 2.64. The molecule has 0 aromatic carbocycles. The van der Waals surface area contributed by atoms with E-state index in [2.05, 4.69) is 4.99 Å². The first-order valence-corrected chi connectivity index (χ1v) is 6.51. The zero-order valence-electron chi connectivity index (χ0n) is 6.62. The van der Waals surface area contributed by atoms with Crippen LogP contribution in [0.15, 0.2) is 16.6 Å². The number of amidine groups is 1. The smallest absolute Gasteiger partial charge is 0.244 e. The lowest BCUT2D eigenvalue weighted by Crippen LogP contribution is -2.17. The van der Waals surface area contributed by atoms with Crippen LogP contribution in [0.2, 0.25) is 0 Å². The first kappa shape index (κ1) is 9.89. The zero-order chi connectivity index (χ0) is 9.35. The molecule has 1 rings (SSSR count). The van der Waals surface area contributed by atoms with Crippen LogP contribution in [-0.2, 0) is 4.79 Å². The van der Waals surface area contributed by atoms with Gasteiger partial charge in [-0.3, -0.25) is 4.79 Å². The topological polar surface area (TPSA) is 32.7 Å². The zero-order valence-corrected chi connectivity index (χ0v) is 8.95. The van der Waals surface area contributed by atoms with Crippen LogP contribution in [0, 0.1) is 0 Å². The van der Waals surface area contributed by atoms with E-state index in [1.165, 1.54) is 6.92 Å². The van der Waals surface area contributed by atoms with Gasteiger partial charge in [-0.25, -0.2) is 0 Å². The maximum atomic E-state index is 10.7. The van der Waals surface area contributed by atoms with Gasteiger partial charge in [0.05, 0.1) is 0 Å². The van der Waals surface area contributed by atoms with Gasteiger partial charge in [0.2, 0.25) is 5.91 Å². The lowest BCUT2D eigenvalue weighted by Gasteiger charge is -2.19. The van der Waals surface area contributed by atoms with Crippen LogP contribution in [0.4, 0.5) is 0 Å². The van der Waals surface area contributed by atoms with Crippen molar-refractivity contribution < 1.29 is 4.79 Å².